The molecule has 0 saturated carbocycles. The lowest BCUT2D eigenvalue weighted by Crippen LogP contribution is -2.00. The molecule has 0 radical (unpaired) electrons. The molecule has 2 rings (SSSR count). The van der Waals surface area contributed by atoms with E-state index in [2.05, 4.69) is 20.9 Å². The van der Waals surface area contributed by atoms with Gasteiger partial charge in [-0.2, -0.15) is 0 Å². The van der Waals surface area contributed by atoms with Crippen molar-refractivity contribution < 1.29 is 4.79 Å². The number of carbonyl (C=O) groups is 1. The van der Waals surface area contributed by atoms with Crippen LogP contribution in [-0.4, -0.2) is 14.7 Å². The summed E-state index contributed by atoms with van der Waals surface area (Å²) in [5.74, 6) is 0.508. The summed E-state index contributed by atoms with van der Waals surface area (Å²) in [6, 6.07) is 6.06. The number of rotatable bonds is 3. The maximum atomic E-state index is 11.1. The Kier molecular flexibility index (Phi) is 4.71. The molecule has 0 fully saturated rings. The van der Waals surface area contributed by atoms with Crippen molar-refractivity contribution in [2.75, 3.05) is 0 Å². The number of carbonyl (C=O) groups excluding carboxylic acids is 1. The summed E-state index contributed by atoms with van der Waals surface area (Å²) in [7, 11) is 0. The number of imidazole rings is 1. The van der Waals surface area contributed by atoms with Gasteiger partial charge in [0.05, 0.1) is 11.4 Å². The van der Waals surface area contributed by atoms with Crippen LogP contribution in [0.4, 0.5) is 0 Å². The Bertz CT molecular complexity index is 627. The maximum absolute atomic E-state index is 11.1. The summed E-state index contributed by atoms with van der Waals surface area (Å²) in [6.45, 7) is 3.57. The molecule has 0 N–H and O–H groups in total. The van der Waals surface area contributed by atoms with Gasteiger partial charge in [-0.15, -0.1) is 0 Å². The second kappa shape index (κ2) is 6.11. The van der Waals surface area contributed by atoms with E-state index in [1.165, 1.54) is 17.3 Å². The Morgan fingerprint density at radius 1 is 1.53 bits per heavy atom. The van der Waals surface area contributed by atoms with Crippen LogP contribution in [-0.2, 0) is 10.5 Å². The van der Waals surface area contributed by atoms with E-state index in [1.807, 2.05) is 29.7 Å². The third-order valence-electron chi connectivity index (χ3n) is 2.59. The van der Waals surface area contributed by atoms with Gasteiger partial charge in [-0.3, -0.25) is 9.36 Å². The van der Waals surface area contributed by atoms with Crippen LogP contribution in [0.2, 0.25) is 5.15 Å². The third kappa shape index (κ3) is 3.41. The van der Waals surface area contributed by atoms with E-state index >= 15 is 0 Å². The first-order valence-corrected chi connectivity index (χ1v) is 7.76. The predicted molar refractivity (Wildman–Crippen MR) is 83.0 cm³/mol. The number of aryl methyl sites for hydroxylation is 1. The topological polar surface area (TPSA) is 34.9 Å². The minimum atomic E-state index is 0.0618. The number of halogens is 2. The average Bonchev–Trinajstić information content (AvgIpc) is 2.68. The molecule has 6 heteroatoms. The molecule has 1 heterocycles. The van der Waals surface area contributed by atoms with Crippen LogP contribution >= 0.6 is 39.3 Å². The number of aromatic nitrogens is 2. The molecule has 2 aromatic rings. The summed E-state index contributed by atoms with van der Waals surface area (Å²) in [5.41, 5.74) is 2.96. The summed E-state index contributed by atoms with van der Waals surface area (Å²) in [5, 5.41) is 0.494. The van der Waals surface area contributed by atoms with Crippen molar-refractivity contribution in [1.82, 2.24) is 9.55 Å². The molecule has 100 valence electrons. The monoisotopic (exact) mass is 358 g/mol. The van der Waals surface area contributed by atoms with E-state index in [9.17, 15) is 4.79 Å². The fourth-order valence-corrected chi connectivity index (χ4v) is 3.25. The summed E-state index contributed by atoms with van der Waals surface area (Å²) < 4.78 is 2.87. The molecule has 1 aromatic carbocycles. The lowest BCUT2D eigenvalue weighted by Gasteiger charge is -2.10. The van der Waals surface area contributed by atoms with Crippen LogP contribution in [0.15, 0.2) is 29.0 Å². The van der Waals surface area contributed by atoms with Crippen molar-refractivity contribution in [2.45, 2.75) is 19.6 Å². The molecule has 0 bridgehead atoms. The zero-order valence-electron chi connectivity index (χ0n) is 10.5. The minimum absolute atomic E-state index is 0.0618. The predicted octanol–water partition coefficient (Wildman–Crippen LogP) is 4.38. The molecule has 1 aromatic heterocycles. The van der Waals surface area contributed by atoms with E-state index in [-0.39, 0.29) is 5.12 Å². The molecule has 0 aliphatic rings. The first kappa shape index (κ1) is 14.6. The fourth-order valence-electron chi connectivity index (χ4n) is 1.67. The van der Waals surface area contributed by atoms with Crippen molar-refractivity contribution in [3.63, 3.8) is 0 Å². The van der Waals surface area contributed by atoms with Gasteiger partial charge >= 0.3 is 0 Å². The second-order valence-corrected chi connectivity index (χ2v) is 6.45. The van der Waals surface area contributed by atoms with E-state index in [1.54, 1.807) is 13.3 Å². The quantitative estimate of drug-likeness (QED) is 0.816. The summed E-state index contributed by atoms with van der Waals surface area (Å²) in [4.78, 5) is 15.2. The Morgan fingerprint density at radius 3 is 2.89 bits per heavy atom. The molecular weight excluding hydrogens is 348 g/mol. The average molecular weight is 360 g/mol. The van der Waals surface area contributed by atoms with Gasteiger partial charge in [0, 0.05) is 17.1 Å². The normalized spacial score (nSPS) is 10.7. The Labute approximate surface area is 129 Å². The van der Waals surface area contributed by atoms with Gasteiger partial charge in [0.1, 0.15) is 6.33 Å². The molecule has 0 aliphatic carbocycles. The van der Waals surface area contributed by atoms with Crippen LogP contribution in [0.1, 0.15) is 18.2 Å². The van der Waals surface area contributed by atoms with Gasteiger partial charge in [0.15, 0.2) is 10.3 Å². The highest BCUT2D eigenvalue weighted by atomic mass is 79.9. The van der Waals surface area contributed by atoms with Gasteiger partial charge in [0.25, 0.3) is 0 Å². The van der Waals surface area contributed by atoms with Gasteiger partial charge in [-0.1, -0.05) is 29.4 Å². The molecule has 0 atom stereocenters. The number of hydrogen-bond donors (Lipinski definition) is 0. The van der Waals surface area contributed by atoms with Crippen LogP contribution in [0.5, 0.6) is 0 Å². The van der Waals surface area contributed by atoms with E-state index in [0.29, 0.717) is 10.9 Å². The van der Waals surface area contributed by atoms with Crippen LogP contribution in [0, 0.1) is 6.92 Å². The van der Waals surface area contributed by atoms with Gasteiger partial charge in [0.2, 0.25) is 0 Å². The van der Waals surface area contributed by atoms with Crippen molar-refractivity contribution in [1.29, 1.82) is 0 Å². The van der Waals surface area contributed by atoms with Crippen LogP contribution in [0.3, 0.4) is 0 Å². The van der Waals surface area contributed by atoms with E-state index in [0.717, 1.165) is 15.9 Å². The molecule has 0 spiro atoms. The number of thioether (sulfide) groups is 1. The second-order valence-electron chi connectivity index (χ2n) is 4.09. The molecule has 0 saturated heterocycles. The first-order valence-electron chi connectivity index (χ1n) is 5.60. The van der Waals surface area contributed by atoms with Gasteiger partial charge in [-0.25, -0.2) is 4.98 Å². The number of benzene rings is 1. The Balaban J connectivity index is 2.42. The zero-order valence-corrected chi connectivity index (χ0v) is 13.6. The lowest BCUT2D eigenvalue weighted by atomic mass is 10.2. The largest absolute Gasteiger partial charge is 0.300 e. The first-order chi connectivity index (χ1) is 8.99. The highest BCUT2D eigenvalue weighted by Crippen LogP contribution is 2.28. The van der Waals surface area contributed by atoms with E-state index < -0.39 is 0 Å². The Hall–Kier alpha value is -0.780. The van der Waals surface area contributed by atoms with Gasteiger partial charge < -0.3 is 0 Å². The van der Waals surface area contributed by atoms with E-state index in [4.69, 9.17) is 11.6 Å². The molecule has 3 nitrogen and oxygen atoms in total. The smallest absolute Gasteiger partial charge is 0.186 e. The molecule has 0 amide bonds. The maximum Gasteiger partial charge on any atom is 0.186 e. The number of nitrogens with zero attached hydrogens (tertiary/aromatic N) is 2. The highest BCUT2D eigenvalue weighted by Gasteiger charge is 2.13. The van der Waals surface area contributed by atoms with Crippen LogP contribution in [0.25, 0.3) is 5.69 Å². The molecular formula is C13H12BrClN2OS. The molecule has 0 unspecified atom stereocenters. The zero-order chi connectivity index (χ0) is 14.0. The lowest BCUT2D eigenvalue weighted by molar-refractivity contribution is -0.109. The minimum Gasteiger partial charge on any atom is -0.300 e. The standard InChI is InChI=1S/C13H12BrClN2OS/c1-8-3-4-11(10(14)5-8)17-7-16-13(15)12(17)6-19-9(2)18/h3-5,7H,6H2,1-2H3. The SMILES string of the molecule is CC(=O)SCc1c(Cl)ncn1-c1ccc(C)cc1Br. The van der Waals surface area contributed by atoms with Crippen LogP contribution < -0.4 is 0 Å². The van der Waals surface area contributed by atoms with Crippen molar-refractivity contribution in [3.05, 3.63) is 45.4 Å². The van der Waals surface area contributed by atoms with Crippen molar-refractivity contribution in [2.24, 2.45) is 0 Å². The van der Waals surface area contributed by atoms with Crippen molar-refractivity contribution >= 4 is 44.4 Å². The Morgan fingerprint density at radius 2 is 2.26 bits per heavy atom. The molecule has 19 heavy (non-hydrogen) atoms. The molecule has 0 aliphatic heterocycles. The van der Waals surface area contributed by atoms with Gasteiger partial charge in [-0.05, 0) is 40.5 Å². The fraction of sp³-hybridized carbons (Fsp3) is 0.231. The van der Waals surface area contributed by atoms with Crippen molar-refractivity contribution in [3.8, 4) is 5.69 Å². The third-order valence-corrected chi connectivity index (χ3v) is 4.37. The summed E-state index contributed by atoms with van der Waals surface area (Å²) in [6.07, 6.45) is 1.67. The summed E-state index contributed by atoms with van der Waals surface area (Å²) >= 11 is 10.9. The highest BCUT2D eigenvalue weighted by molar-refractivity contribution is 9.10. The number of hydrogen-bond acceptors (Lipinski definition) is 3.